The normalized spacial score (nSPS) is 21.0. The lowest BCUT2D eigenvalue weighted by atomic mass is 9.83. The molecule has 1 aliphatic rings. The third-order valence-corrected chi connectivity index (χ3v) is 4.67. The van der Waals surface area contributed by atoms with E-state index in [0.717, 1.165) is 12.0 Å². The molecule has 6 heteroatoms. The van der Waals surface area contributed by atoms with Gasteiger partial charge in [-0.15, -0.1) is 0 Å². The molecule has 2 rings (SSSR count). The number of piperidine rings is 1. The SMILES string of the molecule is CCN1C(=O)CC[C@@H](C(=O)NCCCOC)[C@@H]1c1ccc(Cl)cc1. The molecular weight excluding hydrogens is 328 g/mol. The second-order valence-electron chi connectivity index (χ2n) is 5.96. The van der Waals surface area contributed by atoms with Crippen molar-refractivity contribution in [2.45, 2.75) is 32.2 Å². The number of ether oxygens (including phenoxy) is 1. The van der Waals surface area contributed by atoms with Crippen LogP contribution in [0.4, 0.5) is 0 Å². The summed E-state index contributed by atoms with van der Waals surface area (Å²) >= 11 is 5.98. The number of halogens is 1. The number of hydrogen-bond donors (Lipinski definition) is 1. The van der Waals surface area contributed by atoms with Crippen molar-refractivity contribution in [1.29, 1.82) is 0 Å². The van der Waals surface area contributed by atoms with Crippen LogP contribution in [0, 0.1) is 5.92 Å². The minimum Gasteiger partial charge on any atom is -0.385 e. The molecule has 1 aromatic carbocycles. The van der Waals surface area contributed by atoms with E-state index in [4.69, 9.17) is 16.3 Å². The van der Waals surface area contributed by atoms with E-state index in [0.29, 0.717) is 37.6 Å². The summed E-state index contributed by atoms with van der Waals surface area (Å²) in [5.74, 6) is -0.149. The molecular formula is C18H25ClN2O3. The lowest BCUT2D eigenvalue weighted by molar-refractivity contribution is -0.143. The van der Waals surface area contributed by atoms with Crippen molar-refractivity contribution in [3.05, 3.63) is 34.9 Å². The van der Waals surface area contributed by atoms with E-state index in [2.05, 4.69) is 5.32 Å². The average Bonchev–Trinajstić information content (AvgIpc) is 2.59. The van der Waals surface area contributed by atoms with E-state index in [1.54, 1.807) is 24.1 Å². The maximum absolute atomic E-state index is 12.7. The molecule has 1 aromatic rings. The van der Waals surface area contributed by atoms with Gasteiger partial charge in [-0.05, 0) is 37.5 Å². The molecule has 1 aliphatic heterocycles. The van der Waals surface area contributed by atoms with E-state index in [1.165, 1.54) is 0 Å². The van der Waals surface area contributed by atoms with Crippen molar-refractivity contribution in [3.8, 4) is 0 Å². The maximum Gasteiger partial charge on any atom is 0.225 e. The Bertz CT molecular complexity index is 562. The number of hydrogen-bond acceptors (Lipinski definition) is 3. The van der Waals surface area contributed by atoms with Crippen molar-refractivity contribution in [2.24, 2.45) is 5.92 Å². The molecule has 0 saturated carbocycles. The molecule has 0 bridgehead atoms. The number of methoxy groups -OCH3 is 1. The zero-order chi connectivity index (χ0) is 17.5. The van der Waals surface area contributed by atoms with Crippen LogP contribution in [0.1, 0.15) is 37.8 Å². The predicted molar refractivity (Wildman–Crippen MR) is 93.8 cm³/mol. The second kappa shape index (κ2) is 9.04. The first-order valence-corrected chi connectivity index (χ1v) is 8.77. The Balaban J connectivity index is 2.18. The Labute approximate surface area is 148 Å². The van der Waals surface area contributed by atoms with Gasteiger partial charge in [0.1, 0.15) is 0 Å². The Hall–Kier alpha value is -1.59. The summed E-state index contributed by atoms with van der Waals surface area (Å²) in [6.45, 7) is 3.72. The highest BCUT2D eigenvalue weighted by atomic mass is 35.5. The van der Waals surface area contributed by atoms with Crippen molar-refractivity contribution in [3.63, 3.8) is 0 Å². The van der Waals surface area contributed by atoms with Gasteiger partial charge in [0.05, 0.1) is 12.0 Å². The van der Waals surface area contributed by atoms with Crippen LogP contribution >= 0.6 is 11.6 Å². The first-order valence-electron chi connectivity index (χ1n) is 8.40. The molecule has 0 aliphatic carbocycles. The first-order chi connectivity index (χ1) is 11.6. The number of likely N-dealkylation sites (tertiary alicyclic amines) is 1. The molecule has 1 fully saturated rings. The summed E-state index contributed by atoms with van der Waals surface area (Å²) in [6.07, 6.45) is 1.75. The second-order valence-corrected chi connectivity index (χ2v) is 6.40. The number of rotatable bonds is 7. The lowest BCUT2D eigenvalue weighted by Crippen LogP contribution is -2.48. The van der Waals surface area contributed by atoms with E-state index in [9.17, 15) is 9.59 Å². The van der Waals surface area contributed by atoms with Crippen LogP contribution in [0.15, 0.2) is 24.3 Å². The maximum atomic E-state index is 12.7. The van der Waals surface area contributed by atoms with Gasteiger partial charge in [0.25, 0.3) is 0 Å². The molecule has 1 N–H and O–H groups in total. The standard InChI is InChI=1S/C18H25ClN2O3/c1-3-21-16(22)10-9-15(18(23)20-11-4-12-24-2)17(21)13-5-7-14(19)8-6-13/h5-8,15,17H,3-4,9-12H2,1-2H3,(H,20,23)/t15-,17+/m1/s1. The van der Waals surface area contributed by atoms with Gasteiger partial charge in [-0.25, -0.2) is 0 Å². The van der Waals surface area contributed by atoms with Gasteiger partial charge >= 0.3 is 0 Å². The minimum atomic E-state index is -0.244. The van der Waals surface area contributed by atoms with Crippen LogP contribution in [-0.2, 0) is 14.3 Å². The smallest absolute Gasteiger partial charge is 0.225 e. The molecule has 5 nitrogen and oxygen atoms in total. The number of benzene rings is 1. The zero-order valence-electron chi connectivity index (χ0n) is 14.3. The highest BCUT2D eigenvalue weighted by Gasteiger charge is 2.39. The molecule has 24 heavy (non-hydrogen) atoms. The Kier molecular flexibility index (Phi) is 7.06. The van der Waals surface area contributed by atoms with Gasteiger partial charge in [0.2, 0.25) is 11.8 Å². The predicted octanol–water partition coefficient (Wildman–Crippen LogP) is 2.79. The third-order valence-electron chi connectivity index (χ3n) is 4.42. The summed E-state index contributed by atoms with van der Waals surface area (Å²) in [4.78, 5) is 26.8. The van der Waals surface area contributed by atoms with Crippen LogP contribution in [0.5, 0.6) is 0 Å². The minimum absolute atomic E-state index is 0.00277. The molecule has 0 unspecified atom stereocenters. The molecule has 1 heterocycles. The van der Waals surface area contributed by atoms with E-state index < -0.39 is 0 Å². The van der Waals surface area contributed by atoms with Crippen LogP contribution in [0.25, 0.3) is 0 Å². The summed E-state index contributed by atoms with van der Waals surface area (Å²) in [7, 11) is 1.64. The van der Waals surface area contributed by atoms with Gasteiger partial charge in [0, 0.05) is 38.2 Å². The van der Waals surface area contributed by atoms with Gasteiger partial charge in [-0.2, -0.15) is 0 Å². The van der Waals surface area contributed by atoms with Crippen molar-refractivity contribution < 1.29 is 14.3 Å². The Morgan fingerprint density at radius 2 is 2.08 bits per heavy atom. The van der Waals surface area contributed by atoms with Gasteiger partial charge in [0.15, 0.2) is 0 Å². The van der Waals surface area contributed by atoms with Gasteiger partial charge in [-0.3, -0.25) is 9.59 Å². The average molecular weight is 353 g/mol. The fourth-order valence-corrected chi connectivity index (χ4v) is 3.36. The molecule has 2 amide bonds. The number of nitrogens with zero attached hydrogens (tertiary/aromatic N) is 1. The molecule has 0 radical (unpaired) electrons. The topological polar surface area (TPSA) is 58.6 Å². The molecule has 2 atom stereocenters. The largest absolute Gasteiger partial charge is 0.385 e. The summed E-state index contributed by atoms with van der Waals surface area (Å²) in [5.41, 5.74) is 0.950. The molecule has 1 saturated heterocycles. The summed E-state index contributed by atoms with van der Waals surface area (Å²) in [6, 6.07) is 7.17. The van der Waals surface area contributed by atoms with E-state index in [-0.39, 0.29) is 23.8 Å². The lowest BCUT2D eigenvalue weighted by Gasteiger charge is -2.40. The zero-order valence-corrected chi connectivity index (χ0v) is 15.0. The van der Waals surface area contributed by atoms with E-state index in [1.807, 2.05) is 19.1 Å². The molecule has 0 aromatic heterocycles. The Morgan fingerprint density at radius 1 is 1.38 bits per heavy atom. The van der Waals surface area contributed by atoms with Crippen LogP contribution in [0.2, 0.25) is 5.02 Å². The van der Waals surface area contributed by atoms with Crippen LogP contribution in [-0.4, -0.2) is 43.5 Å². The summed E-state index contributed by atoms with van der Waals surface area (Å²) in [5, 5.41) is 3.62. The highest BCUT2D eigenvalue weighted by molar-refractivity contribution is 6.30. The van der Waals surface area contributed by atoms with Gasteiger partial charge < -0.3 is 15.0 Å². The highest BCUT2D eigenvalue weighted by Crippen LogP contribution is 2.37. The summed E-state index contributed by atoms with van der Waals surface area (Å²) < 4.78 is 5.00. The monoisotopic (exact) mass is 352 g/mol. The van der Waals surface area contributed by atoms with Crippen LogP contribution < -0.4 is 5.32 Å². The van der Waals surface area contributed by atoms with E-state index >= 15 is 0 Å². The van der Waals surface area contributed by atoms with Crippen molar-refractivity contribution >= 4 is 23.4 Å². The fraction of sp³-hybridized carbons (Fsp3) is 0.556. The molecule has 132 valence electrons. The number of carbonyl (C=O) groups excluding carboxylic acids is 2. The van der Waals surface area contributed by atoms with Crippen molar-refractivity contribution in [1.82, 2.24) is 10.2 Å². The molecule has 0 spiro atoms. The number of carbonyl (C=O) groups is 2. The van der Waals surface area contributed by atoms with Crippen molar-refractivity contribution in [2.75, 3.05) is 26.8 Å². The Morgan fingerprint density at radius 3 is 2.71 bits per heavy atom. The fourth-order valence-electron chi connectivity index (χ4n) is 3.23. The van der Waals surface area contributed by atoms with Crippen LogP contribution in [0.3, 0.4) is 0 Å². The third kappa shape index (κ3) is 4.48. The van der Waals surface area contributed by atoms with Gasteiger partial charge in [-0.1, -0.05) is 23.7 Å². The number of nitrogens with one attached hydrogen (secondary N) is 1. The quantitative estimate of drug-likeness (QED) is 0.768. The first kappa shape index (κ1) is 18.7. The number of amides is 2.